The maximum absolute atomic E-state index is 11.0. The highest BCUT2D eigenvalue weighted by Crippen LogP contribution is 2.24. The summed E-state index contributed by atoms with van der Waals surface area (Å²) in [5.74, 6) is -0.948. The van der Waals surface area contributed by atoms with Crippen LogP contribution in [0.15, 0.2) is 22.6 Å². The van der Waals surface area contributed by atoms with Crippen molar-refractivity contribution in [1.82, 2.24) is 4.98 Å². The van der Waals surface area contributed by atoms with Crippen LogP contribution in [0.5, 0.6) is 0 Å². The van der Waals surface area contributed by atoms with Crippen LogP contribution in [-0.4, -0.2) is 29.1 Å². The summed E-state index contributed by atoms with van der Waals surface area (Å²) in [5.41, 5.74) is 1.49. The fourth-order valence-electron chi connectivity index (χ4n) is 2.62. The largest absolute Gasteiger partial charge is 0.478 e. The summed E-state index contributed by atoms with van der Waals surface area (Å²) < 4.78 is 5.75. The molecule has 0 saturated carbocycles. The zero-order valence-electron chi connectivity index (χ0n) is 11.3. The predicted octanol–water partition coefficient (Wildman–Crippen LogP) is 3.30. The van der Waals surface area contributed by atoms with Gasteiger partial charge in [0.05, 0.1) is 5.56 Å². The van der Waals surface area contributed by atoms with Crippen molar-refractivity contribution in [1.29, 1.82) is 0 Å². The Morgan fingerprint density at radius 2 is 1.85 bits per heavy atom. The van der Waals surface area contributed by atoms with Gasteiger partial charge in [0.1, 0.15) is 5.52 Å². The third-order valence-corrected chi connectivity index (χ3v) is 3.75. The number of fused-ring (bicyclic) bond motifs is 1. The minimum Gasteiger partial charge on any atom is -0.478 e. The molecule has 1 fully saturated rings. The number of aromatic nitrogens is 1. The Balaban J connectivity index is 1.89. The maximum Gasteiger partial charge on any atom is 0.335 e. The van der Waals surface area contributed by atoms with Gasteiger partial charge in [0.15, 0.2) is 5.58 Å². The molecule has 1 aliphatic rings. The van der Waals surface area contributed by atoms with Gasteiger partial charge in [-0.3, -0.25) is 0 Å². The zero-order chi connectivity index (χ0) is 13.9. The van der Waals surface area contributed by atoms with E-state index < -0.39 is 5.97 Å². The van der Waals surface area contributed by atoms with Crippen molar-refractivity contribution in [2.45, 2.75) is 32.1 Å². The molecule has 0 atom stereocenters. The second-order valence-corrected chi connectivity index (χ2v) is 5.24. The Kier molecular flexibility index (Phi) is 3.58. The van der Waals surface area contributed by atoms with Gasteiger partial charge in [-0.1, -0.05) is 19.3 Å². The first-order valence-corrected chi connectivity index (χ1v) is 7.13. The number of hydrogen-bond acceptors (Lipinski definition) is 4. The van der Waals surface area contributed by atoms with E-state index in [2.05, 4.69) is 9.88 Å². The summed E-state index contributed by atoms with van der Waals surface area (Å²) in [5, 5.41) is 9.00. The number of carbonyl (C=O) groups is 1. The lowest BCUT2D eigenvalue weighted by atomic mass is 10.1. The van der Waals surface area contributed by atoms with E-state index in [9.17, 15) is 4.79 Å². The molecular formula is C15H18N2O3. The maximum atomic E-state index is 11.0. The Labute approximate surface area is 117 Å². The van der Waals surface area contributed by atoms with E-state index in [0.29, 0.717) is 17.1 Å². The highest BCUT2D eigenvalue weighted by molar-refractivity contribution is 5.92. The van der Waals surface area contributed by atoms with E-state index in [4.69, 9.17) is 9.52 Å². The molecule has 106 valence electrons. The summed E-state index contributed by atoms with van der Waals surface area (Å²) in [7, 11) is 0. The van der Waals surface area contributed by atoms with Gasteiger partial charge >= 0.3 is 5.97 Å². The van der Waals surface area contributed by atoms with Crippen LogP contribution in [0.3, 0.4) is 0 Å². The van der Waals surface area contributed by atoms with E-state index in [0.717, 1.165) is 25.9 Å². The molecule has 1 aromatic heterocycles. The summed E-state index contributed by atoms with van der Waals surface area (Å²) in [4.78, 5) is 17.6. The Bertz CT molecular complexity index is 613. The van der Waals surface area contributed by atoms with E-state index in [1.54, 1.807) is 12.1 Å². The van der Waals surface area contributed by atoms with Gasteiger partial charge in [0, 0.05) is 13.1 Å². The molecular weight excluding hydrogens is 256 g/mol. The summed E-state index contributed by atoms with van der Waals surface area (Å²) in [6.07, 6.45) is 6.11. The number of rotatable bonds is 2. The quantitative estimate of drug-likeness (QED) is 0.910. The van der Waals surface area contributed by atoms with Crippen LogP contribution in [0.4, 0.5) is 6.01 Å². The van der Waals surface area contributed by atoms with Gasteiger partial charge in [-0.05, 0) is 31.0 Å². The normalized spacial score (nSPS) is 16.9. The predicted molar refractivity (Wildman–Crippen MR) is 76.3 cm³/mol. The molecule has 0 unspecified atom stereocenters. The average molecular weight is 274 g/mol. The molecule has 2 heterocycles. The summed E-state index contributed by atoms with van der Waals surface area (Å²) in [6, 6.07) is 5.42. The highest BCUT2D eigenvalue weighted by atomic mass is 16.4. The van der Waals surface area contributed by atoms with E-state index >= 15 is 0 Å². The molecule has 5 heteroatoms. The minimum atomic E-state index is -0.948. The van der Waals surface area contributed by atoms with Crippen LogP contribution < -0.4 is 4.90 Å². The van der Waals surface area contributed by atoms with E-state index in [1.807, 2.05) is 0 Å². The molecule has 0 radical (unpaired) electrons. The number of anilines is 1. The van der Waals surface area contributed by atoms with Crippen molar-refractivity contribution in [3.05, 3.63) is 23.8 Å². The molecule has 1 aliphatic heterocycles. The highest BCUT2D eigenvalue weighted by Gasteiger charge is 2.16. The first-order chi connectivity index (χ1) is 9.74. The molecule has 0 bridgehead atoms. The molecule has 20 heavy (non-hydrogen) atoms. The monoisotopic (exact) mass is 274 g/mol. The number of nitrogens with zero attached hydrogens (tertiary/aromatic N) is 2. The molecule has 1 aromatic carbocycles. The van der Waals surface area contributed by atoms with Gasteiger partial charge in [-0.2, -0.15) is 4.98 Å². The van der Waals surface area contributed by atoms with E-state index in [1.165, 1.54) is 25.3 Å². The smallest absolute Gasteiger partial charge is 0.335 e. The number of benzene rings is 1. The first-order valence-electron chi connectivity index (χ1n) is 7.13. The lowest BCUT2D eigenvalue weighted by Gasteiger charge is -2.22. The molecule has 0 spiro atoms. The van der Waals surface area contributed by atoms with Crippen LogP contribution in [0.25, 0.3) is 11.1 Å². The number of hydrogen-bond donors (Lipinski definition) is 1. The summed E-state index contributed by atoms with van der Waals surface area (Å²) >= 11 is 0. The lowest BCUT2D eigenvalue weighted by Crippen LogP contribution is -2.27. The van der Waals surface area contributed by atoms with Crippen molar-refractivity contribution in [2.24, 2.45) is 0 Å². The van der Waals surface area contributed by atoms with Crippen LogP contribution in [0, 0.1) is 0 Å². The van der Waals surface area contributed by atoms with Gasteiger partial charge in [0.2, 0.25) is 0 Å². The fourth-order valence-corrected chi connectivity index (χ4v) is 2.62. The van der Waals surface area contributed by atoms with Crippen LogP contribution in [0.1, 0.15) is 42.5 Å². The molecule has 1 saturated heterocycles. The number of oxazole rings is 1. The van der Waals surface area contributed by atoms with Gasteiger partial charge in [0.25, 0.3) is 6.01 Å². The Hall–Kier alpha value is -2.04. The van der Waals surface area contributed by atoms with Gasteiger partial charge in [-0.15, -0.1) is 0 Å². The van der Waals surface area contributed by atoms with Crippen molar-refractivity contribution >= 4 is 23.1 Å². The minimum absolute atomic E-state index is 0.230. The number of carboxylic acids is 1. The van der Waals surface area contributed by atoms with Gasteiger partial charge in [-0.25, -0.2) is 4.79 Å². The molecule has 0 amide bonds. The SMILES string of the molecule is O=C(O)c1ccc2nc(N3CCCCCCC3)oc2c1. The van der Waals surface area contributed by atoms with E-state index in [-0.39, 0.29) is 5.56 Å². The van der Waals surface area contributed by atoms with Gasteiger partial charge < -0.3 is 14.4 Å². The van der Waals surface area contributed by atoms with Crippen LogP contribution in [-0.2, 0) is 0 Å². The Morgan fingerprint density at radius 3 is 2.55 bits per heavy atom. The zero-order valence-corrected chi connectivity index (χ0v) is 11.3. The average Bonchev–Trinajstić information content (AvgIpc) is 2.80. The Morgan fingerprint density at radius 1 is 1.15 bits per heavy atom. The van der Waals surface area contributed by atoms with Crippen molar-refractivity contribution in [3.63, 3.8) is 0 Å². The lowest BCUT2D eigenvalue weighted by molar-refractivity contribution is 0.0697. The second kappa shape index (κ2) is 5.53. The first kappa shape index (κ1) is 13.0. The van der Waals surface area contributed by atoms with Crippen LogP contribution in [0.2, 0.25) is 0 Å². The van der Waals surface area contributed by atoms with Crippen molar-refractivity contribution < 1.29 is 14.3 Å². The molecule has 5 nitrogen and oxygen atoms in total. The topological polar surface area (TPSA) is 66.6 Å². The van der Waals surface area contributed by atoms with Crippen LogP contribution >= 0.6 is 0 Å². The molecule has 1 N–H and O–H groups in total. The number of aromatic carboxylic acids is 1. The second-order valence-electron chi connectivity index (χ2n) is 5.24. The standard InChI is InChI=1S/C15H18N2O3/c18-14(19)11-6-7-12-13(10-11)20-15(16-12)17-8-4-2-1-3-5-9-17/h6-7,10H,1-5,8-9H2,(H,18,19). The molecule has 3 rings (SSSR count). The summed E-state index contributed by atoms with van der Waals surface area (Å²) in [6.45, 7) is 1.91. The molecule has 0 aliphatic carbocycles. The molecule has 2 aromatic rings. The van der Waals surface area contributed by atoms with Crippen molar-refractivity contribution in [3.8, 4) is 0 Å². The third kappa shape index (κ3) is 2.61. The van der Waals surface area contributed by atoms with Crippen molar-refractivity contribution in [2.75, 3.05) is 18.0 Å². The third-order valence-electron chi connectivity index (χ3n) is 3.75. The fraction of sp³-hybridized carbons (Fsp3) is 0.467. The number of carboxylic acid groups (broad SMARTS) is 1.